The maximum absolute atomic E-state index is 14.0. The van der Waals surface area contributed by atoms with E-state index in [4.69, 9.17) is 24.2 Å². The van der Waals surface area contributed by atoms with Crippen LogP contribution in [0.5, 0.6) is 0 Å². The number of esters is 1. The molecular formula is C50H60BrN7O8. The summed E-state index contributed by atoms with van der Waals surface area (Å²) in [6.45, 7) is 17.3. The molecule has 2 amide bonds. The largest absolute Gasteiger partial charge is 0.466 e. The fourth-order valence-corrected chi connectivity index (χ4v) is 7.53. The van der Waals surface area contributed by atoms with Gasteiger partial charge >= 0.3 is 18.2 Å². The second-order valence-corrected chi connectivity index (χ2v) is 18.1. The minimum absolute atomic E-state index is 0.201. The summed E-state index contributed by atoms with van der Waals surface area (Å²) in [7, 11) is 0. The van der Waals surface area contributed by atoms with Gasteiger partial charge in [0.2, 0.25) is 0 Å². The Hall–Kier alpha value is -6.55. The lowest BCUT2D eigenvalue weighted by Gasteiger charge is -2.25. The number of hydrogen-bond donors (Lipinski definition) is 3. The highest BCUT2D eigenvalue weighted by molar-refractivity contribution is 9.10. The minimum Gasteiger partial charge on any atom is -0.466 e. The van der Waals surface area contributed by atoms with Crippen LogP contribution in [0.1, 0.15) is 112 Å². The molecule has 6 rings (SSSR count). The zero-order valence-corrected chi connectivity index (χ0v) is 40.7. The van der Waals surface area contributed by atoms with Gasteiger partial charge in [0.05, 0.1) is 51.9 Å². The van der Waals surface area contributed by atoms with Gasteiger partial charge in [-0.3, -0.25) is 23.5 Å². The molecule has 6 aromatic rings. The highest BCUT2D eigenvalue weighted by atomic mass is 79.9. The van der Waals surface area contributed by atoms with Crippen LogP contribution in [-0.4, -0.2) is 61.6 Å². The number of aromatic nitrogens is 4. The molecule has 0 unspecified atom stereocenters. The van der Waals surface area contributed by atoms with Crippen molar-refractivity contribution in [2.75, 3.05) is 18.5 Å². The van der Waals surface area contributed by atoms with Gasteiger partial charge in [0.15, 0.2) is 0 Å². The van der Waals surface area contributed by atoms with E-state index in [0.29, 0.717) is 87.4 Å². The number of rotatable bonds is 14. The smallest absolute Gasteiger partial charge is 0.408 e. The summed E-state index contributed by atoms with van der Waals surface area (Å²) < 4.78 is 19.6. The summed E-state index contributed by atoms with van der Waals surface area (Å²) in [5.41, 5.74) is 1.28. The number of anilines is 1. The highest BCUT2D eigenvalue weighted by Crippen LogP contribution is 2.27. The third kappa shape index (κ3) is 13.3. The molecule has 350 valence electrons. The number of alkyl carbamates (subject to hydrolysis) is 2. The topological polar surface area (TPSA) is 185 Å². The Bertz CT molecular complexity index is 2750. The predicted octanol–water partition coefficient (Wildman–Crippen LogP) is 10.2. The van der Waals surface area contributed by atoms with Crippen molar-refractivity contribution in [1.82, 2.24) is 29.7 Å². The Morgan fingerprint density at radius 2 is 1.09 bits per heavy atom. The highest BCUT2D eigenvalue weighted by Gasteiger charge is 2.27. The molecule has 66 heavy (non-hydrogen) atoms. The van der Waals surface area contributed by atoms with Gasteiger partial charge in [0.1, 0.15) is 22.9 Å². The second kappa shape index (κ2) is 22.6. The van der Waals surface area contributed by atoms with Gasteiger partial charge in [-0.15, -0.1) is 0 Å². The number of para-hydroxylation sites is 2. The van der Waals surface area contributed by atoms with Crippen LogP contribution in [0.2, 0.25) is 0 Å². The number of halogens is 1. The molecule has 4 aromatic carbocycles. The van der Waals surface area contributed by atoms with Gasteiger partial charge in [-0.25, -0.2) is 19.6 Å². The maximum Gasteiger partial charge on any atom is 0.408 e. The van der Waals surface area contributed by atoms with Gasteiger partial charge in [-0.2, -0.15) is 0 Å². The van der Waals surface area contributed by atoms with E-state index < -0.39 is 35.5 Å². The lowest BCUT2D eigenvalue weighted by Crippen LogP contribution is -2.37. The first-order valence-electron chi connectivity index (χ1n) is 22.1. The molecule has 0 aliphatic carbocycles. The Labute approximate surface area is 393 Å². The molecule has 0 saturated carbocycles. The quantitative estimate of drug-likeness (QED) is 0.0536. The van der Waals surface area contributed by atoms with E-state index in [1.54, 1.807) is 65.2 Å². The third-order valence-electron chi connectivity index (χ3n) is 9.83. The summed E-state index contributed by atoms with van der Waals surface area (Å²) in [6, 6.07) is 28.3. The number of amides is 2. The first kappa shape index (κ1) is 50.4. The van der Waals surface area contributed by atoms with E-state index in [1.165, 1.54) is 4.57 Å². The van der Waals surface area contributed by atoms with Crippen LogP contribution in [0.15, 0.2) is 111 Å². The van der Waals surface area contributed by atoms with Crippen molar-refractivity contribution < 1.29 is 28.6 Å². The Kier molecular flexibility index (Phi) is 17.3. The van der Waals surface area contributed by atoms with E-state index in [-0.39, 0.29) is 23.5 Å². The normalized spacial score (nSPS) is 12.3. The van der Waals surface area contributed by atoms with E-state index >= 15 is 0 Å². The molecule has 0 aliphatic heterocycles. The van der Waals surface area contributed by atoms with Gasteiger partial charge in [0.25, 0.3) is 11.1 Å². The van der Waals surface area contributed by atoms with Gasteiger partial charge in [-0.05, 0) is 132 Å². The van der Waals surface area contributed by atoms with Crippen LogP contribution in [0, 0.1) is 0 Å². The second-order valence-electron chi connectivity index (χ2n) is 17.3. The Balaban J connectivity index is 0.000000255. The number of carbonyl (C=O) groups is 3. The van der Waals surface area contributed by atoms with Gasteiger partial charge in [-0.1, -0.05) is 62.4 Å². The summed E-state index contributed by atoms with van der Waals surface area (Å²) in [5, 5.41) is 9.93. The van der Waals surface area contributed by atoms with Gasteiger partial charge < -0.3 is 30.2 Å². The van der Waals surface area contributed by atoms with E-state index in [0.717, 1.165) is 0 Å². The molecule has 0 bridgehead atoms. The number of nitrogens with zero attached hydrogens (tertiary/aromatic N) is 4. The summed E-state index contributed by atoms with van der Waals surface area (Å²) in [4.78, 5) is 73.7. The summed E-state index contributed by atoms with van der Waals surface area (Å²) in [5.74, 6) is 0.625. The van der Waals surface area contributed by atoms with E-state index in [1.807, 2.05) is 98.8 Å². The molecule has 2 aromatic heterocycles. The van der Waals surface area contributed by atoms with Crippen molar-refractivity contribution in [2.24, 2.45) is 0 Å². The number of hydrogen-bond acceptors (Lipinski definition) is 11. The van der Waals surface area contributed by atoms with Crippen molar-refractivity contribution in [3.63, 3.8) is 0 Å². The van der Waals surface area contributed by atoms with Crippen molar-refractivity contribution >= 4 is 61.6 Å². The fraction of sp³-hybridized carbons (Fsp3) is 0.380. The van der Waals surface area contributed by atoms with Crippen molar-refractivity contribution in [3.8, 4) is 11.4 Å². The molecule has 0 saturated heterocycles. The predicted molar refractivity (Wildman–Crippen MR) is 262 cm³/mol. The van der Waals surface area contributed by atoms with Crippen LogP contribution >= 0.6 is 15.9 Å². The lowest BCUT2D eigenvalue weighted by atomic mass is 10.1. The number of ether oxygens (including phenoxy) is 3. The molecule has 2 heterocycles. The van der Waals surface area contributed by atoms with Gasteiger partial charge in [0, 0.05) is 23.1 Å². The van der Waals surface area contributed by atoms with Crippen LogP contribution < -0.4 is 27.1 Å². The first-order valence-corrected chi connectivity index (χ1v) is 22.9. The first-order chi connectivity index (χ1) is 31.3. The summed E-state index contributed by atoms with van der Waals surface area (Å²) >= 11 is 3.46. The molecule has 15 nitrogen and oxygen atoms in total. The molecular weight excluding hydrogens is 906 g/mol. The molecule has 2 atom stereocenters. The van der Waals surface area contributed by atoms with Crippen LogP contribution in [0.4, 0.5) is 15.3 Å². The van der Waals surface area contributed by atoms with Crippen molar-refractivity contribution in [2.45, 2.75) is 111 Å². The number of carbonyl (C=O) groups excluding carboxylic acids is 3. The number of fused-ring (bicyclic) bond motifs is 2. The molecule has 16 heteroatoms. The third-order valence-corrected chi connectivity index (χ3v) is 10.5. The molecule has 0 fully saturated rings. The van der Waals surface area contributed by atoms with Crippen molar-refractivity contribution in [3.05, 3.63) is 134 Å². The Morgan fingerprint density at radius 3 is 1.55 bits per heavy atom. The molecule has 0 aliphatic rings. The zero-order chi connectivity index (χ0) is 48.2. The van der Waals surface area contributed by atoms with Crippen LogP contribution in [0.25, 0.3) is 33.2 Å². The summed E-state index contributed by atoms with van der Waals surface area (Å²) in [6.07, 6.45) is 0.758. The van der Waals surface area contributed by atoms with E-state index in [9.17, 15) is 24.0 Å². The van der Waals surface area contributed by atoms with E-state index in [2.05, 4.69) is 31.9 Å². The SMILES string of the molecule is CCOC(=O)CCCNc1cccc2nc([C@H](CC)NC(=O)OC(C)(C)C)n(-c3ccccc3)c(=O)c12.CC[C@H](NC(=O)OC(C)(C)C)c1nc2cccc(Br)c2c(=O)n1-c1ccccc1. The fourth-order valence-electron chi connectivity index (χ4n) is 7.01. The average Bonchev–Trinajstić information content (AvgIpc) is 3.25. The minimum atomic E-state index is -0.661. The number of nitrogens with one attached hydrogen (secondary N) is 3. The van der Waals surface area contributed by atoms with Crippen molar-refractivity contribution in [1.29, 1.82) is 0 Å². The zero-order valence-electron chi connectivity index (χ0n) is 39.1. The van der Waals surface area contributed by atoms with Crippen LogP contribution in [0.3, 0.4) is 0 Å². The van der Waals surface area contributed by atoms with Crippen LogP contribution in [-0.2, 0) is 19.0 Å². The average molecular weight is 967 g/mol. The molecule has 0 radical (unpaired) electrons. The number of benzene rings is 4. The lowest BCUT2D eigenvalue weighted by molar-refractivity contribution is -0.143. The molecule has 3 N–H and O–H groups in total. The molecule has 0 spiro atoms. The monoisotopic (exact) mass is 965 g/mol. The standard InChI is InChI=1S/C28H36N4O5.C22H24BrN3O3/c1-6-20(31-27(35)37-28(3,4)5)25-30-22-16-11-15-21(29-18-12-17-23(33)36-7-2)24(22)26(34)32(25)19-13-9-8-10-14-19;1-5-16(25-21(28)29-22(2,3)4)19-24-17-13-9-12-15(23)18(17)20(27)26(19)14-10-7-6-8-11-14/h8-11,13-16,20,29H,6-7,12,17-18H2,1-5H3,(H,31,35);6-13,16H,5H2,1-4H3,(H,25,28)/t20-;16-/m00/s1. The Morgan fingerprint density at radius 1 is 0.636 bits per heavy atom. The maximum atomic E-state index is 14.0.